The quantitative estimate of drug-likeness (QED) is 0.869. The lowest BCUT2D eigenvalue weighted by Crippen LogP contribution is -2.38. The summed E-state index contributed by atoms with van der Waals surface area (Å²) in [5, 5.41) is 5.03. The van der Waals surface area contributed by atoms with Crippen LogP contribution in [0.3, 0.4) is 0 Å². The van der Waals surface area contributed by atoms with E-state index in [0.29, 0.717) is 0 Å². The molecule has 2 heteroatoms. The van der Waals surface area contributed by atoms with Crippen LogP contribution in [0.4, 0.5) is 0 Å². The van der Waals surface area contributed by atoms with Gasteiger partial charge in [0.2, 0.25) is 0 Å². The second-order valence-electron chi connectivity index (χ2n) is 5.69. The normalized spacial score (nSPS) is 27.8. The van der Waals surface area contributed by atoms with Crippen LogP contribution < -0.4 is 5.32 Å². The lowest BCUT2D eigenvalue weighted by atomic mass is 9.83. The number of aromatic nitrogens is 1. The Kier molecular flexibility index (Phi) is 2.21. The van der Waals surface area contributed by atoms with Gasteiger partial charge in [-0.1, -0.05) is 18.2 Å². The molecule has 1 saturated heterocycles. The van der Waals surface area contributed by atoms with E-state index in [1.165, 1.54) is 36.6 Å². The first kappa shape index (κ1) is 10.5. The van der Waals surface area contributed by atoms with Crippen molar-refractivity contribution in [2.24, 2.45) is 5.92 Å². The van der Waals surface area contributed by atoms with Crippen molar-refractivity contribution < 1.29 is 0 Å². The summed E-state index contributed by atoms with van der Waals surface area (Å²) in [6.45, 7) is 1.16. The largest absolute Gasteiger partial charge is 0.307 e. The van der Waals surface area contributed by atoms with Gasteiger partial charge in [0.1, 0.15) is 0 Å². The van der Waals surface area contributed by atoms with Crippen molar-refractivity contribution in [2.75, 3.05) is 6.54 Å². The van der Waals surface area contributed by atoms with Gasteiger partial charge in [-0.15, -0.1) is 0 Å². The number of nitrogens with zero attached hydrogens (tertiary/aromatic N) is 1. The molecule has 0 bridgehead atoms. The first-order chi connectivity index (χ1) is 8.88. The average molecular weight is 238 g/mol. The maximum Gasteiger partial charge on any atom is 0.0705 e. The summed E-state index contributed by atoms with van der Waals surface area (Å²) in [7, 11) is 0. The summed E-state index contributed by atoms with van der Waals surface area (Å²) in [4.78, 5) is 4.50. The van der Waals surface area contributed by atoms with Crippen molar-refractivity contribution in [1.82, 2.24) is 10.3 Å². The van der Waals surface area contributed by atoms with Crippen molar-refractivity contribution in [3.8, 4) is 0 Å². The molecule has 0 spiro atoms. The molecule has 1 aromatic carbocycles. The Morgan fingerprint density at radius 3 is 2.94 bits per heavy atom. The zero-order valence-corrected chi connectivity index (χ0v) is 10.5. The molecule has 2 aromatic rings. The third-order valence-electron chi connectivity index (χ3n) is 4.58. The molecule has 1 aromatic heterocycles. The first-order valence-corrected chi connectivity index (χ1v) is 6.99. The fourth-order valence-corrected chi connectivity index (χ4v) is 3.52. The maximum absolute atomic E-state index is 4.50. The monoisotopic (exact) mass is 238 g/mol. The number of hydrogen-bond donors (Lipinski definition) is 1. The Labute approximate surface area is 107 Å². The van der Waals surface area contributed by atoms with E-state index in [-0.39, 0.29) is 5.54 Å². The van der Waals surface area contributed by atoms with Crippen molar-refractivity contribution in [3.05, 3.63) is 42.1 Å². The number of hydrogen-bond acceptors (Lipinski definition) is 2. The lowest BCUT2D eigenvalue weighted by molar-refractivity contribution is 0.336. The fraction of sp³-hybridized carbons (Fsp3) is 0.438. The minimum atomic E-state index is 0.256. The number of nitrogens with one attached hydrogen (secondary N) is 1. The molecule has 1 saturated carbocycles. The zero-order chi connectivity index (χ0) is 12.0. The summed E-state index contributed by atoms with van der Waals surface area (Å²) in [5.74, 6) is 0.848. The van der Waals surface area contributed by atoms with Gasteiger partial charge in [-0.3, -0.25) is 4.98 Å². The van der Waals surface area contributed by atoms with E-state index in [1.54, 1.807) is 0 Å². The number of benzene rings is 1. The Balaban J connectivity index is 1.85. The van der Waals surface area contributed by atoms with E-state index in [4.69, 9.17) is 0 Å². The molecular weight excluding hydrogens is 220 g/mol. The number of rotatable bonds is 2. The molecule has 0 amide bonds. The third-order valence-corrected chi connectivity index (χ3v) is 4.58. The molecule has 1 aliphatic heterocycles. The van der Waals surface area contributed by atoms with Crippen molar-refractivity contribution in [1.29, 1.82) is 0 Å². The third kappa shape index (κ3) is 1.49. The molecule has 2 heterocycles. The average Bonchev–Trinajstić information content (AvgIpc) is 3.17. The molecule has 2 fully saturated rings. The van der Waals surface area contributed by atoms with Crippen LogP contribution in [0.1, 0.15) is 31.2 Å². The molecule has 4 rings (SSSR count). The van der Waals surface area contributed by atoms with E-state index in [0.717, 1.165) is 18.0 Å². The van der Waals surface area contributed by atoms with Gasteiger partial charge in [-0.2, -0.15) is 0 Å². The summed E-state index contributed by atoms with van der Waals surface area (Å²) in [6, 6.07) is 11.0. The van der Waals surface area contributed by atoms with Crippen molar-refractivity contribution in [2.45, 2.75) is 31.2 Å². The molecule has 1 aliphatic carbocycles. The number of fused-ring (bicyclic) bond motifs is 1. The highest BCUT2D eigenvalue weighted by molar-refractivity contribution is 5.79. The Morgan fingerprint density at radius 1 is 1.22 bits per heavy atom. The van der Waals surface area contributed by atoms with Gasteiger partial charge in [-0.25, -0.2) is 0 Å². The van der Waals surface area contributed by atoms with Gasteiger partial charge >= 0.3 is 0 Å². The molecule has 92 valence electrons. The van der Waals surface area contributed by atoms with Crippen LogP contribution in [-0.4, -0.2) is 11.5 Å². The van der Waals surface area contributed by atoms with Crippen LogP contribution in [0.15, 0.2) is 36.5 Å². The summed E-state index contributed by atoms with van der Waals surface area (Å²) in [5.41, 5.74) is 2.84. The van der Waals surface area contributed by atoms with Gasteiger partial charge in [0.05, 0.1) is 5.52 Å². The Bertz CT molecular complexity index is 580. The molecule has 18 heavy (non-hydrogen) atoms. The van der Waals surface area contributed by atoms with Crippen molar-refractivity contribution in [3.63, 3.8) is 0 Å². The highest BCUT2D eigenvalue weighted by Gasteiger charge is 2.47. The predicted molar refractivity (Wildman–Crippen MR) is 73.4 cm³/mol. The van der Waals surface area contributed by atoms with Gasteiger partial charge < -0.3 is 5.32 Å². The molecular formula is C16H18N2. The topological polar surface area (TPSA) is 24.9 Å². The predicted octanol–water partition coefficient (Wildman–Crippen LogP) is 3.22. The SMILES string of the molecule is c1cnc2cc(C3(C4CC4)CCCN3)ccc2c1. The standard InChI is InChI=1S/C16H18N2/c1-3-12-4-5-14(11-15(12)17-9-1)16(13-6-7-13)8-2-10-18-16/h1,3-5,9,11,13,18H,2,6-8,10H2. The van der Waals surface area contributed by atoms with Crippen LogP contribution in [0.25, 0.3) is 10.9 Å². The Hall–Kier alpha value is -1.41. The van der Waals surface area contributed by atoms with Gasteiger partial charge in [-0.05, 0) is 55.8 Å². The fourth-order valence-electron chi connectivity index (χ4n) is 3.52. The van der Waals surface area contributed by atoms with Crippen LogP contribution in [0.5, 0.6) is 0 Å². The van der Waals surface area contributed by atoms with Crippen LogP contribution >= 0.6 is 0 Å². The Morgan fingerprint density at radius 2 is 2.17 bits per heavy atom. The highest BCUT2D eigenvalue weighted by atomic mass is 15.0. The van der Waals surface area contributed by atoms with Crippen LogP contribution in [0.2, 0.25) is 0 Å². The lowest BCUT2D eigenvalue weighted by Gasteiger charge is -2.30. The first-order valence-electron chi connectivity index (χ1n) is 6.99. The van der Waals surface area contributed by atoms with E-state index in [2.05, 4.69) is 34.6 Å². The summed E-state index contributed by atoms with van der Waals surface area (Å²) >= 11 is 0. The molecule has 1 N–H and O–H groups in total. The van der Waals surface area contributed by atoms with E-state index in [9.17, 15) is 0 Å². The van der Waals surface area contributed by atoms with Gasteiger partial charge in [0, 0.05) is 17.1 Å². The van der Waals surface area contributed by atoms with Gasteiger partial charge in [0.25, 0.3) is 0 Å². The molecule has 2 nitrogen and oxygen atoms in total. The number of pyridine rings is 1. The van der Waals surface area contributed by atoms with Gasteiger partial charge in [0.15, 0.2) is 0 Å². The van der Waals surface area contributed by atoms with Crippen molar-refractivity contribution >= 4 is 10.9 Å². The zero-order valence-electron chi connectivity index (χ0n) is 10.5. The second-order valence-corrected chi connectivity index (χ2v) is 5.69. The minimum Gasteiger partial charge on any atom is -0.307 e. The van der Waals surface area contributed by atoms with E-state index in [1.807, 2.05) is 12.3 Å². The maximum atomic E-state index is 4.50. The molecule has 0 radical (unpaired) electrons. The van der Waals surface area contributed by atoms with Crippen LogP contribution in [-0.2, 0) is 5.54 Å². The van der Waals surface area contributed by atoms with E-state index >= 15 is 0 Å². The molecule has 1 unspecified atom stereocenters. The summed E-state index contributed by atoms with van der Waals surface area (Å²) < 4.78 is 0. The summed E-state index contributed by atoms with van der Waals surface area (Å²) in [6.07, 6.45) is 7.24. The smallest absolute Gasteiger partial charge is 0.0705 e. The minimum absolute atomic E-state index is 0.256. The second kappa shape index (κ2) is 3.79. The molecule has 1 atom stereocenters. The highest BCUT2D eigenvalue weighted by Crippen LogP contribution is 2.50. The van der Waals surface area contributed by atoms with Crippen LogP contribution in [0, 0.1) is 5.92 Å². The molecule has 2 aliphatic rings. The van der Waals surface area contributed by atoms with E-state index < -0.39 is 0 Å².